The zero-order valence-electron chi connectivity index (χ0n) is 11.3. The van der Waals surface area contributed by atoms with Gasteiger partial charge in [-0.05, 0) is 30.3 Å². The van der Waals surface area contributed by atoms with Crippen LogP contribution < -0.4 is 15.2 Å². The molecule has 0 unspecified atom stereocenters. The maximum Gasteiger partial charge on any atom is 0.132 e. The molecular weight excluding hydrogens is 311 g/mol. The van der Waals surface area contributed by atoms with Crippen LogP contribution >= 0.6 is 23.2 Å². The molecule has 0 aliphatic heterocycles. The van der Waals surface area contributed by atoms with Crippen LogP contribution in [0.1, 0.15) is 11.1 Å². The number of nitrogens with two attached hydrogens (primary N) is 1. The molecule has 0 aliphatic carbocycles. The molecule has 0 saturated heterocycles. The smallest absolute Gasteiger partial charge is 0.132 e. The molecule has 0 aliphatic rings. The quantitative estimate of drug-likeness (QED) is 0.648. The molecule has 0 saturated carbocycles. The van der Waals surface area contributed by atoms with Crippen LogP contribution in [-0.4, -0.2) is 12.9 Å². The van der Waals surface area contributed by atoms with Gasteiger partial charge in [0.05, 0.1) is 17.7 Å². The largest absolute Gasteiger partial charge is 0.496 e. The summed E-state index contributed by atoms with van der Waals surface area (Å²) in [5.74, 6) is 0.969. The summed E-state index contributed by atoms with van der Waals surface area (Å²) in [6, 6.07) is 10.4. The topological polar surface area (TPSA) is 68.3 Å². The monoisotopic (exact) mass is 324 g/mol. The van der Waals surface area contributed by atoms with Crippen LogP contribution in [0.3, 0.4) is 0 Å². The fraction of sp³-hybridized carbons (Fsp3) is 0.133. The number of nitrogen functional groups attached to an aromatic ring is 1. The Labute approximate surface area is 132 Å². The van der Waals surface area contributed by atoms with Crippen LogP contribution in [0.5, 0.6) is 11.5 Å². The van der Waals surface area contributed by atoms with Crippen LogP contribution in [0.2, 0.25) is 10.0 Å². The van der Waals surface area contributed by atoms with Gasteiger partial charge in [-0.2, -0.15) is 0 Å². The van der Waals surface area contributed by atoms with Crippen LogP contribution in [0, 0.1) is 5.41 Å². The number of hydrogen-bond acceptors (Lipinski definition) is 3. The maximum atomic E-state index is 7.58. The summed E-state index contributed by atoms with van der Waals surface area (Å²) in [4.78, 5) is 0. The molecule has 0 amide bonds. The third-order valence-electron chi connectivity index (χ3n) is 2.87. The van der Waals surface area contributed by atoms with E-state index < -0.39 is 0 Å². The average molecular weight is 325 g/mol. The molecule has 6 heteroatoms. The maximum absolute atomic E-state index is 7.58. The van der Waals surface area contributed by atoms with Gasteiger partial charge in [-0.25, -0.2) is 0 Å². The summed E-state index contributed by atoms with van der Waals surface area (Å²) in [6.45, 7) is 0.227. The summed E-state index contributed by atoms with van der Waals surface area (Å²) in [5.41, 5.74) is 6.70. The first kappa shape index (κ1) is 15.5. The second-order valence-electron chi connectivity index (χ2n) is 4.27. The summed E-state index contributed by atoms with van der Waals surface area (Å²) >= 11 is 12.0. The predicted octanol–water partition coefficient (Wildman–Crippen LogP) is 3.87. The number of rotatable bonds is 5. The normalized spacial score (nSPS) is 10.2. The van der Waals surface area contributed by atoms with Crippen molar-refractivity contribution in [2.24, 2.45) is 5.73 Å². The minimum Gasteiger partial charge on any atom is -0.496 e. The van der Waals surface area contributed by atoms with Gasteiger partial charge in [0, 0.05) is 10.6 Å². The molecule has 0 bridgehead atoms. The van der Waals surface area contributed by atoms with Gasteiger partial charge in [0.2, 0.25) is 0 Å². The Balaban J connectivity index is 2.27. The number of halogens is 2. The van der Waals surface area contributed by atoms with Crippen LogP contribution in [0.4, 0.5) is 0 Å². The SMILES string of the molecule is COc1ccc(Cl)cc1COc1cccc(Cl)c1C(=N)N. The first-order valence-corrected chi connectivity index (χ1v) is 6.86. The van der Waals surface area contributed by atoms with Gasteiger partial charge in [0.15, 0.2) is 0 Å². The van der Waals surface area contributed by atoms with E-state index in [1.807, 2.05) is 0 Å². The molecule has 0 radical (unpaired) electrons. The Bertz CT molecular complexity index is 675. The van der Waals surface area contributed by atoms with E-state index in [9.17, 15) is 0 Å². The number of ether oxygens (including phenoxy) is 2. The molecule has 0 spiro atoms. The van der Waals surface area contributed by atoms with Gasteiger partial charge in [-0.3, -0.25) is 5.41 Å². The van der Waals surface area contributed by atoms with E-state index in [0.717, 1.165) is 5.56 Å². The van der Waals surface area contributed by atoms with Crippen molar-refractivity contribution < 1.29 is 9.47 Å². The van der Waals surface area contributed by atoms with Gasteiger partial charge < -0.3 is 15.2 Å². The first-order chi connectivity index (χ1) is 10.0. The third kappa shape index (κ3) is 3.60. The summed E-state index contributed by atoms with van der Waals surface area (Å²) in [7, 11) is 1.58. The molecule has 2 aromatic rings. The predicted molar refractivity (Wildman–Crippen MR) is 84.8 cm³/mol. The fourth-order valence-electron chi connectivity index (χ4n) is 1.90. The molecule has 2 rings (SSSR count). The van der Waals surface area contributed by atoms with E-state index in [4.69, 9.17) is 43.8 Å². The highest BCUT2D eigenvalue weighted by Crippen LogP contribution is 2.28. The lowest BCUT2D eigenvalue weighted by Crippen LogP contribution is -2.14. The number of nitrogens with one attached hydrogen (secondary N) is 1. The van der Waals surface area contributed by atoms with E-state index in [2.05, 4.69) is 0 Å². The van der Waals surface area contributed by atoms with Crippen molar-refractivity contribution in [1.29, 1.82) is 5.41 Å². The Morgan fingerprint density at radius 1 is 1.19 bits per heavy atom. The number of hydrogen-bond donors (Lipinski definition) is 2. The van der Waals surface area contributed by atoms with Gasteiger partial charge in [0.25, 0.3) is 0 Å². The van der Waals surface area contributed by atoms with Gasteiger partial charge in [0.1, 0.15) is 23.9 Å². The van der Waals surface area contributed by atoms with Crippen molar-refractivity contribution in [2.75, 3.05) is 7.11 Å². The lowest BCUT2D eigenvalue weighted by Gasteiger charge is -2.14. The van der Waals surface area contributed by atoms with Crippen molar-refractivity contribution in [2.45, 2.75) is 6.61 Å². The summed E-state index contributed by atoms with van der Waals surface area (Å²) < 4.78 is 11.0. The zero-order chi connectivity index (χ0) is 15.4. The molecule has 0 aromatic heterocycles. The Morgan fingerprint density at radius 2 is 1.95 bits per heavy atom. The molecule has 21 heavy (non-hydrogen) atoms. The molecule has 0 heterocycles. The minimum atomic E-state index is -0.145. The van der Waals surface area contributed by atoms with Gasteiger partial charge in [-0.1, -0.05) is 29.3 Å². The van der Waals surface area contributed by atoms with Crippen LogP contribution in [0.15, 0.2) is 36.4 Å². The van der Waals surface area contributed by atoms with Crippen molar-refractivity contribution in [3.8, 4) is 11.5 Å². The highest BCUT2D eigenvalue weighted by Gasteiger charge is 2.12. The molecule has 4 nitrogen and oxygen atoms in total. The zero-order valence-corrected chi connectivity index (χ0v) is 12.8. The standard InChI is InChI=1S/C15H14Cl2N2O2/c1-20-12-6-5-10(16)7-9(12)8-21-13-4-2-3-11(17)14(13)15(18)19/h2-7H,8H2,1H3,(H3,18,19). The number of amidine groups is 1. The van der Waals surface area contributed by atoms with Crippen molar-refractivity contribution in [3.05, 3.63) is 57.6 Å². The van der Waals surface area contributed by atoms with Crippen molar-refractivity contribution >= 4 is 29.0 Å². The molecular formula is C15H14Cl2N2O2. The van der Waals surface area contributed by atoms with Gasteiger partial charge in [-0.15, -0.1) is 0 Å². The fourth-order valence-corrected chi connectivity index (χ4v) is 2.36. The number of benzene rings is 2. The Hall–Kier alpha value is -1.91. The molecule has 2 aromatic carbocycles. The molecule has 110 valence electrons. The second kappa shape index (κ2) is 6.70. The molecule has 0 atom stereocenters. The van der Waals surface area contributed by atoms with E-state index in [1.165, 1.54) is 0 Å². The minimum absolute atomic E-state index is 0.145. The van der Waals surface area contributed by atoms with Crippen molar-refractivity contribution in [1.82, 2.24) is 0 Å². The molecule has 0 fully saturated rings. The Kier molecular flexibility index (Phi) is 4.94. The average Bonchev–Trinajstić information content (AvgIpc) is 2.44. The molecule has 3 N–H and O–H groups in total. The number of methoxy groups -OCH3 is 1. The van der Waals surface area contributed by atoms with E-state index in [1.54, 1.807) is 43.5 Å². The third-order valence-corrected chi connectivity index (χ3v) is 3.42. The lowest BCUT2D eigenvalue weighted by atomic mass is 10.1. The van der Waals surface area contributed by atoms with Gasteiger partial charge >= 0.3 is 0 Å². The Morgan fingerprint density at radius 3 is 2.62 bits per heavy atom. The summed E-state index contributed by atoms with van der Waals surface area (Å²) in [5, 5.41) is 8.54. The second-order valence-corrected chi connectivity index (χ2v) is 5.12. The highest BCUT2D eigenvalue weighted by atomic mass is 35.5. The summed E-state index contributed by atoms with van der Waals surface area (Å²) in [6.07, 6.45) is 0. The van der Waals surface area contributed by atoms with Crippen LogP contribution in [0.25, 0.3) is 0 Å². The lowest BCUT2D eigenvalue weighted by molar-refractivity contribution is 0.296. The highest BCUT2D eigenvalue weighted by molar-refractivity contribution is 6.34. The van der Waals surface area contributed by atoms with E-state index >= 15 is 0 Å². The van der Waals surface area contributed by atoms with E-state index in [-0.39, 0.29) is 12.4 Å². The van der Waals surface area contributed by atoms with E-state index in [0.29, 0.717) is 27.1 Å². The first-order valence-electron chi connectivity index (χ1n) is 6.11. The van der Waals surface area contributed by atoms with Crippen LogP contribution in [-0.2, 0) is 6.61 Å². The van der Waals surface area contributed by atoms with Crippen molar-refractivity contribution in [3.63, 3.8) is 0 Å².